The van der Waals surface area contributed by atoms with Gasteiger partial charge in [0.2, 0.25) is 0 Å². The number of thioether (sulfide) groups is 1. The van der Waals surface area contributed by atoms with Crippen molar-refractivity contribution in [3.05, 3.63) is 30.3 Å². The van der Waals surface area contributed by atoms with Crippen LogP contribution in [0.3, 0.4) is 0 Å². The molecule has 1 aromatic rings. The van der Waals surface area contributed by atoms with E-state index in [1.165, 1.54) is 4.90 Å². The topological polar surface area (TPSA) is 38.3 Å². The van der Waals surface area contributed by atoms with Crippen LogP contribution in [0.2, 0.25) is 0 Å². The Bertz CT molecular complexity index is 315. The van der Waals surface area contributed by atoms with E-state index in [1.54, 1.807) is 11.8 Å². The predicted molar refractivity (Wildman–Crippen MR) is 55.4 cm³/mol. The van der Waals surface area contributed by atoms with Gasteiger partial charge in [0.25, 0.3) is 0 Å². The Kier molecular flexibility index (Phi) is 2.93. The first-order valence-electron chi connectivity index (χ1n) is 4.47. The number of hydrogen-bond donors (Lipinski definition) is 1. The second kappa shape index (κ2) is 4.37. The van der Waals surface area contributed by atoms with Gasteiger partial charge in [0.1, 0.15) is 6.10 Å². The SMILES string of the molecule is O=C1NCC(CSc2ccccc2)O1. The zero-order valence-corrected chi connectivity index (χ0v) is 8.42. The summed E-state index contributed by atoms with van der Waals surface area (Å²) in [5.74, 6) is 0.808. The minimum atomic E-state index is -0.302. The van der Waals surface area contributed by atoms with Gasteiger partial charge in [0.15, 0.2) is 0 Å². The van der Waals surface area contributed by atoms with Crippen molar-refractivity contribution in [2.24, 2.45) is 0 Å². The van der Waals surface area contributed by atoms with Gasteiger partial charge in [-0.25, -0.2) is 4.79 Å². The number of nitrogens with one attached hydrogen (secondary N) is 1. The third kappa shape index (κ3) is 2.42. The monoisotopic (exact) mass is 209 g/mol. The van der Waals surface area contributed by atoms with Crippen LogP contribution in [-0.2, 0) is 4.74 Å². The first kappa shape index (κ1) is 9.40. The minimum Gasteiger partial charge on any atom is -0.443 e. The Labute approximate surface area is 86.8 Å². The van der Waals surface area contributed by atoms with Crippen LogP contribution in [0.5, 0.6) is 0 Å². The van der Waals surface area contributed by atoms with Crippen LogP contribution in [0.1, 0.15) is 0 Å². The molecule has 0 aromatic heterocycles. The summed E-state index contributed by atoms with van der Waals surface area (Å²) in [4.78, 5) is 11.9. The number of hydrogen-bond acceptors (Lipinski definition) is 3. The molecule has 1 aliphatic heterocycles. The highest BCUT2D eigenvalue weighted by Gasteiger charge is 2.21. The van der Waals surface area contributed by atoms with E-state index in [0.717, 1.165) is 5.75 Å². The lowest BCUT2D eigenvalue weighted by Crippen LogP contribution is -2.16. The molecule has 0 saturated carbocycles. The molecule has 3 nitrogen and oxygen atoms in total. The van der Waals surface area contributed by atoms with Crippen LogP contribution in [0.25, 0.3) is 0 Å². The first-order valence-corrected chi connectivity index (χ1v) is 5.45. The number of carbonyl (C=O) groups excluding carboxylic acids is 1. The zero-order valence-electron chi connectivity index (χ0n) is 7.60. The average Bonchev–Trinajstić information content (AvgIpc) is 2.63. The fourth-order valence-corrected chi connectivity index (χ4v) is 2.14. The van der Waals surface area contributed by atoms with Gasteiger partial charge in [-0.3, -0.25) is 0 Å². The van der Waals surface area contributed by atoms with Crippen molar-refractivity contribution in [3.63, 3.8) is 0 Å². The van der Waals surface area contributed by atoms with Gasteiger partial charge in [-0.05, 0) is 12.1 Å². The maximum Gasteiger partial charge on any atom is 0.407 e. The summed E-state index contributed by atoms with van der Waals surface area (Å²) in [5.41, 5.74) is 0. The molecule has 14 heavy (non-hydrogen) atoms. The lowest BCUT2D eigenvalue weighted by atomic mass is 10.4. The molecule has 1 amide bonds. The van der Waals surface area contributed by atoms with Gasteiger partial charge in [-0.2, -0.15) is 0 Å². The molecule has 1 fully saturated rings. The van der Waals surface area contributed by atoms with E-state index in [2.05, 4.69) is 17.4 Å². The van der Waals surface area contributed by atoms with Crippen molar-refractivity contribution in [1.29, 1.82) is 0 Å². The molecular formula is C10H11NO2S. The van der Waals surface area contributed by atoms with E-state index in [4.69, 9.17) is 4.74 Å². The van der Waals surface area contributed by atoms with Crippen LogP contribution in [-0.4, -0.2) is 24.5 Å². The van der Waals surface area contributed by atoms with Crippen molar-refractivity contribution in [2.75, 3.05) is 12.3 Å². The standard InChI is InChI=1S/C10H11NO2S/c12-10-11-6-8(13-10)7-14-9-4-2-1-3-5-9/h1-5,8H,6-7H2,(H,11,12). The summed E-state index contributed by atoms with van der Waals surface area (Å²) < 4.78 is 5.01. The minimum absolute atomic E-state index is 0.00714. The third-order valence-corrected chi connectivity index (χ3v) is 3.07. The highest BCUT2D eigenvalue weighted by Crippen LogP contribution is 2.19. The van der Waals surface area contributed by atoms with E-state index in [1.807, 2.05) is 18.2 Å². The number of benzene rings is 1. The number of ether oxygens (including phenoxy) is 1. The molecular weight excluding hydrogens is 198 g/mol. The normalized spacial score (nSPS) is 20.3. The van der Waals surface area contributed by atoms with Crippen LogP contribution in [0, 0.1) is 0 Å². The maximum absolute atomic E-state index is 10.7. The van der Waals surface area contributed by atoms with Crippen molar-refractivity contribution >= 4 is 17.9 Å². The largest absolute Gasteiger partial charge is 0.443 e. The summed E-state index contributed by atoms with van der Waals surface area (Å²) in [7, 11) is 0. The number of amides is 1. The lowest BCUT2D eigenvalue weighted by Gasteiger charge is -2.06. The molecule has 4 heteroatoms. The Morgan fingerprint density at radius 1 is 1.43 bits per heavy atom. The van der Waals surface area contributed by atoms with Gasteiger partial charge < -0.3 is 10.1 Å². The van der Waals surface area contributed by atoms with E-state index >= 15 is 0 Å². The van der Waals surface area contributed by atoms with Crippen LogP contribution < -0.4 is 5.32 Å². The predicted octanol–water partition coefficient (Wildman–Crippen LogP) is 1.89. The Morgan fingerprint density at radius 2 is 2.21 bits per heavy atom. The molecule has 2 rings (SSSR count). The van der Waals surface area contributed by atoms with Crippen molar-refractivity contribution < 1.29 is 9.53 Å². The molecule has 0 spiro atoms. The van der Waals surface area contributed by atoms with Gasteiger partial charge in [-0.15, -0.1) is 11.8 Å². The molecule has 1 N–H and O–H groups in total. The smallest absolute Gasteiger partial charge is 0.407 e. The highest BCUT2D eigenvalue weighted by atomic mass is 32.2. The number of carbonyl (C=O) groups is 1. The fourth-order valence-electron chi connectivity index (χ4n) is 1.23. The lowest BCUT2D eigenvalue weighted by molar-refractivity contribution is 0.150. The summed E-state index contributed by atoms with van der Waals surface area (Å²) in [6.45, 7) is 0.624. The van der Waals surface area contributed by atoms with Crippen LogP contribution in [0.15, 0.2) is 35.2 Å². The number of alkyl carbamates (subject to hydrolysis) is 1. The molecule has 1 saturated heterocycles. The molecule has 1 heterocycles. The molecule has 1 atom stereocenters. The summed E-state index contributed by atoms with van der Waals surface area (Å²) in [5, 5.41) is 2.63. The molecule has 0 aliphatic carbocycles. The first-order chi connectivity index (χ1) is 6.84. The second-order valence-corrected chi connectivity index (χ2v) is 4.13. The van der Waals surface area contributed by atoms with Gasteiger partial charge >= 0.3 is 6.09 Å². The second-order valence-electron chi connectivity index (χ2n) is 3.03. The van der Waals surface area contributed by atoms with Crippen molar-refractivity contribution in [1.82, 2.24) is 5.32 Å². The van der Waals surface area contributed by atoms with Crippen molar-refractivity contribution in [2.45, 2.75) is 11.0 Å². The molecule has 0 radical (unpaired) electrons. The quantitative estimate of drug-likeness (QED) is 0.772. The maximum atomic E-state index is 10.7. The van der Waals surface area contributed by atoms with E-state index in [9.17, 15) is 4.79 Å². The zero-order chi connectivity index (χ0) is 9.80. The van der Waals surface area contributed by atoms with Gasteiger partial charge in [-0.1, -0.05) is 18.2 Å². The summed E-state index contributed by atoms with van der Waals surface area (Å²) >= 11 is 1.70. The van der Waals surface area contributed by atoms with E-state index in [0.29, 0.717) is 6.54 Å². The third-order valence-electron chi connectivity index (χ3n) is 1.93. The molecule has 0 bridgehead atoms. The summed E-state index contributed by atoms with van der Waals surface area (Å²) in [6, 6.07) is 10.1. The number of cyclic esters (lactones) is 1. The van der Waals surface area contributed by atoms with Gasteiger partial charge in [0.05, 0.1) is 6.54 Å². The van der Waals surface area contributed by atoms with Gasteiger partial charge in [0, 0.05) is 10.6 Å². The Morgan fingerprint density at radius 3 is 2.86 bits per heavy atom. The molecule has 1 aromatic carbocycles. The number of rotatable bonds is 3. The van der Waals surface area contributed by atoms with Crippen LogP contribution in [0.4, 0.5) is 4.79 Å². The van der Waals surface area contributed by atoms with Crippen LogP contribution >= 0.6 is 11.8 Å². The fraction of sp³-hybridized carbons (Fsp3) is 0.300. The van der Waals surface area contributed by atoms with E-state index in [-0.39, 0.29) is 12.2 Å². The summed E-state index contributed by atoms with van der Waals surface area (Å²) in [6.07, 6.45) is -0.295. The Balaban J connectivity index is 1.80. The molecule has 74 valence electrons. The van der Waals surface area contributed by atoms with Crippen molar-refractivity contribution in [3.8, 4) is 0 Å². The molecule has 1 unspecified atom stereocenters. The molecule has 1 aliphatic rings. The van der Waals surface area contributed by atoms with E-state index < -0.39 is 0 Å². The highest BCUT2D eigenvalue weighted by molar-refractivity contribution is 7.99. The Hall–Kier alpha value is -1.16. The average molecular weight is 209 g/mol.